The van der Waals surface area contributed by atoms with Crippen LogP contribution in [0.1, 0.15) is 48.0 Å². The molecular formula is C12H23N3O3. The Balaban J connectivity index is 4.12. The zero-order valence-corrected chi connectivity index (χ0v) is 12.0. The second-order valence-corrected chi connectivity index (χ2v) is 5.36. The van der Waals surface area contributed by atoms with E-state index in [2.05, 4.69) is 15.8 Å². The first kappa shape index (κ1) is 16.4. The van der Waals surface area contributed by atoms with Gasteiger partial charge in [0.05, 0.1) is 6.42 Å². The van der Waals surface area contributed by atoms with Crippen molar-refractivity contribution in [3.63, 3.8) is 0 Å². The van der Waals surface area contributed by atoms with E-state index in [9.17, 15) is 9.59 Å². The summed E-state index contributed by atoms with van der Waals surface area (Å²) in [5, 5.41) is 6.52. The molecule has 0 aliphatic heterocycles. The third-order valence-corrected chi connectivity index (χ3v) is 1.60. The standard InChI is InChI=1S/C12H23N3O3/c1-8(2)13-10(16)7-9(3)14-15-11(17)18-12(4,5)6/h8H,7H2,1-6H3,(H,13,16)(H,15,17)/b14-9+. The van der Waals surface area contributed by atoms with E-state index in [4.69, 9.17) is 4.74 Å². The fraction of sp³-hybridized carbons (Fsp3) is 0.750. The van der Waals surface area contributed by atoms with Crippen molar-refractivity contribution in [2.45, 2.75) is 59.6 Å². The van der Waals surface area contributed by atoms with Gasteiger partial charge >= 0.3 is 6.09 Å². The number of carbonyl (C=O) groups is 2. The minimum Gasteiger partial charge on any atom is -0.443 e. The number of ether oxygens (including phenoxy) is 1. The van der Waals surface area contributed by atoms with Gasteiger partial charge in [-0.3, -0.25) is 4.79 Å². The number of nitrogens with one attached hydrogen (secondary N) is 2. The first-order valence-corrected chi connectivity index (χ1v) is 5.91. The molecule has 18 heavy (non-hydrogen) atoms. The maximum atomic E-state index is 11.4. The van der Waals surface area contributed by atoms with Crippen LogP contribution >= 0.6 is 0 Å². The minimum absolute atomic E-state index is 0.0871. The van der Waals surface area contributed by atoms with Crippen LogP contribution in [0.15, 0.2) is 5.10 Å². The molecular weight excluding hydrogens is 234 g/mol. The predicted octanol–water partition coefficient (Wildman–Crippen LogP) is 1.80. The molecule has 0 saturated carbocycles. The third kappa shape index (κ3) is 9.62. The van der Waals surface area contributed by atoms with Crippen molar-refractivity contribution in [1.29, 1.82) is 0 Å². The van der Waals surface area contributed by atoms with Crippen molar-refractivity contribution in [2.24, 2.45) is 5.10 Å². The maximum absolute atomic E-state index is 11.4. The predicted molar refractivity (Wildman–Crippen MR) is 70.4 cm³/mol. The molecule has 0 unspecified atom stereocenters. The molecule has 0 heterocycles. The van der Waals surface area contributed by atoms with Crippen molar-refractivity contribution in [3.05, 3.63) is 0 Å². The van der Waals surface area contributed by atoms with E-state index in [1.165, 1.54) is 0 Å². The molecule has 0 aliphatic carbocycles. The molecule has 2 N–H and O–H groups in total. The van der Waals surface area contributed by atoms with Gasteiger partial charge in [0.2, 0.25) is 5.91 Å². The Morgan fingerprint density at radius 1 is 1.28 bits per heavy atom. The summed E-state index contributed by atoms with van der Waals surface area (Å²) < 4.78 is 5.00. The van der Waals surface area contributed by atoms with E-state index in [1.54, 1.807) is 27.7 Å². The van der Waals surface area contributed by atoms with Crippen LogP contribution in [0.3, 0.4) is 0 Å². The van der Waals surface area contributed by atoms with Gasteiger partial charge in [-0.25, -0.2) is 10.2 Å². The number of carbonyl (C=O) groups excluding carboxylic acids is 2. The summed E-state index contributed by atoms with van der Waals surface area (Å²) >= 11 is 0. The van der Waals surface area contributed by atoms with Crippen molar-refractivity contribution in [3.8, 4) is 0 Å². The molecule has 0 bridgehead atoms. The van der Waals surface area contributed by atoms with Gasteiger partial charge in [-0.05, 0) is 41.5 Å². The molecule has 6 heteroatoms. The van der Waals surface area contributed by atoms with E-state index in [0.29, 0.717) is 5.71 Å². The van der Waals surface area contributed by atoms with E-state index in [-0.39, 0.29) is 18.4 Å². The van der Waals surface area contributed by atoms with E-state index in [0.717, 1.165) is 0 Å². The van der Waals surface area contributed by atoms with Gasteiger partial charge in [0.15, 0.2) is 0 Å². The van der Waals surface area contributed by atoms with Crippen molar-refractivity contribution >= 4 is 17.7 Å². The average Bonchev–Trinajstić information content (AvgIpc) is 2.10. The normalized spacial score (nSPS) is 12.3. The molecule has 0 spiro atoms. The Hall–Kier alpha value is -1.59. The molecule has 104 valence electrons. The fourth-order valence-corrected chi connectivity index (χ4v) is 1.09. The number of nitrogens with zero attached hydrogens (tertiary/aromatic N) is 1. The van der Waals surface area contributed by atoms with Crippen LogP contribution in [0.2, 0.25) is 0 Å². The summed E-state index contributed by atoms with van der Waals surface area (Å²) in [5.74, 6) is -0.128. The Kier molecular flexibility index (Phi) is 6.36. The molecule has 0 radical (unpaired) electrons. The zero-order chi connectivity index (χ0) is 14.3. The topological polar surface area (TPSA) is 79.8 Å². The van der Waals surface area contributed by atoms with Gasteiger partial charge in [0, 0.05) is 11.8 Å². The Labute approximate surface area is 108 Å². The number of hydrogen-bond acceptors (Lipinski definition) is 4. The molecule has 0 aromatic heterocycles. The van der Waals surface area contributed by atoms with Gasteiger partial charge in [-0.1, -0.05) is 0 Å². The smallest absolute Gasteiger partial charge is 0.428 e. The number of hydrogen-bond donors (Lipinski definition) is 2. The fourth-order valence-electron chi connectivity index (χ4n) is 1.09. The highest BCUT2D eigenvalue weighted by Gasteiger charge is 2.15. The lowest BCUT2D eigenvalue weighted by atomic mass is 10.2. The molecule has 2 amide bonds. The SMILES string of the molecule is C/C(CC(=O)NC(C)C)=N\NC(=O)OC(C)(C)C. The van der Waals surface area contributed by atoms with Crippen molar-refractivity contribution < 1.29 is 14.3 Å². The van der Waals surface area contributed by atoms with Crippen LogP contribution in [0, 0.1) is 0 Å². The Bertz CT molecular complexity index is 330. The van der Waals surface area contributed by atoms with Gasteiger partial charge in [-0.2, -0.15) is 5.10 Å². The third-order valence-electron chi connectivity index (χ3n) is 1.60. The summed E-state index contributed by atoms with van der Waals surface area (Å²) in [7, 11) is 0. The molecule has 0 atom stereocenters. The first-order valence-electron chi connectivity index (χ1n) is 5.91. The summed E-state index contributed by atoms with van der Waals surface area (Å²) in [6.07, 6.45) is -0.486. The highest BCUT2D eigenvalue weighted by Crippen LogP contribution is 2.06. The summed E-state index contributed by atoms with van der Waals surface area (Å²) in [6, 6.07) is 0.0871. The first-order chi connectivity index (χ1) is 8.10. The van der Waals surface area contributed by atoms with Gasteiger partial charge in [0.25, 0.3) is 0 Å². The van der Waals surface area contributed by atoms with Gasteiger partial charge in [-0.15, -0.1) is 0 Å². The quantitative estimate of drug-likeness (QED) is 0.595. The highest BCUT2D eigenvalue weighted by atomic mass is 16.6. The average molecular weight is 257 g/mol. The highest BCUT2D eigenvalue weighted by molar-refractivity contribution is 6.00. The lowest BCUT2D eigenvalue weighted by Crippen LogP contribution is -2.32. The molecule has 0 aromatic carbocycles. The maximum Gasteiger partial charge on any atom is 0.428 e. The zero-order valence-electron chi connectivity index (χ0n) is 12.0. The second-order valence-electron chi connectivity index (χ2n) is 5.36. The lowest BCUT2D eigenvalue weighted by molar-refractivity contribution is -0.120. The van der Waals surface area contributed by atoms with Gasteiger partial charge in [0.1, 0.15) is 5.60 Å². The molecule has 0 rings (SSSR count). The van der Waals surface area contributed by atoms with Crippen molar-refractivity contribution in [1.82, 2.24) is 10.7 Å². The minimum atomic E-state index is -0.633. The number of hydrazone groups is 1. The van der Waals surface area contributed by atoms with E-state index < -0.39 is 11.7 Å². The van der Waals surface area contributed by atoms with Crippen LogP contribution in [0.5, 0.6) is 0 Å². The Morgan fingerprint density at radius 3 is 2.28 bits per heavy atom. The summed E-state index contributed by atoms with van der Waals surface area (Å²) in [5.41, 5.74) is 2.19. The molecule has 0 fully saturated rings. The summed E-state index contributed by atoms with van der Waals surface area (Å²) in [6.45, 7) is 10.7. The van der Waals surface area contributed by atoms with Crippen LogP contribution in [-0.4, -0.2) is 29.4 Å². The monoisotopic (exact) mass is 257 g/mol. The summed E-state index contributed by atoms with van der Waals surface area (Å²) in [4.78, 5) is 22.7. The molecule has 6 nitrogen and oxygen atoms in total. The Morgan fingerprint density at radius 2 is 1.83 bits per heavy atom. The second kappa shape index (κ2) is 6.98. The molecule has 0 aliphatic rings. The van der Waals surface area contributed by atoms with Gasteiger partial charge < -0.3 is 10.1 Å². The number of rotatable bonds is 4. The molecule has 0 saturated heterocycles. The van der Waals surface area contributed by atoms with E-state index >= 15 is 0 Å². The lowest BCUT2D eigenvalue weighted by Gasteiger charge is -2.18. The van der Waals surface area contributed by atoms with Crippen LogP contribution in [0.4, 0.5) is 4.79 Å². The van der Waals surface area contributed by atoms with Crippen molar-refractivity contribution in [2.75, 3.05) is 0 Å². The van der Waals surface area contributed by atoms with Crippen LogP contribution in [-0.2, 0) is 9.53 Å². The largest absolute Gasteiger partial charge is 0.443 e. The van der Waals surface area contributed by atoms with E-state index in [1.807, 2.05) is 13.8 Å². The van der Waals surface area contributed by atoms with Crippen LogP contribution in [0.25, 0.3) is 0 Å². The number of amides is 2. The van der Waals surface area contributed by atoms with Crippen LogP contribution < -0.4 is 10.7 Å². The molecule has 0 aromatic rings.